The van der Waals surface area contributed by atoms with E-state index < -0.39 is 5.97 Å². The van der Waals surface area contributed by atoms with E-state index in [0.29, 0.717) is 29.2 Å². The zero-order chi connectivity index (χ0) is 21.2. The summed E-state index contributed by atoms with van der Waals surface area (Å²) in [5.41, 5.74) is 0.807. The number of rotatable bonds is 2. The van der Waals surface area contributed by atoms with Crippen molar-refractivity contribution in [2.75, 3.05) is 0 Å². The first-order valence-corrected chi connectivity index (χ1v) is 11.7. The first kappa shape index (κ1) is 20.9. The van der Waals surface area contributed by atoms with Crippen molar-refractivity contribution in [2.45, 2.75) is 91.5 Å². The summed E-state index contributed by atoms with van der Waals surface area (Å²) in [4.78, 5) is 24.6. The van der Waals surface area contributed by atoms with Gasteiger partial charge in [0.25, 0.3) is 0 Å². The Kier molecular flexibility index (Phi) is 4.94. The molecule has 4 aliphatic rings. The molecule has 29 heavy (non-hydrogen) atoms. The van der Waals surface area contributed by atoms with E-state index in [0.717, 1.165) is 32.1 Å². The van der Waals surface area contributed by atoms with E-state index >= 15 is 0 Å². The molecule has 0 aromatic rings. The van der Waals surface area contributed by atoms with Crippen molar-refractivity contribution < 1.29 is 14.7 Å². The van der Waals surface area contributed by atoms with E-state index in [1.807, 2.05) is 6.08 Å². The van der Waals surface area contributed by atoms with Crippen LogP contribution in [0.25, 0.3) is 0 Å². The first-order chi connectivity index (χ1) is 13.5. The van der Waals surface area contributed by atoms with Crippen LogP contribution < -0.4 is 5.32 Å². The fourth-order valence-corrected chi connectivity index (χ4v) is 7.94. The van der Waals surface area contributed by atoms with Gasteiger partial charge < -0.3 is 10.4 Å². The van der Waals surface area contributed by atoms with Crippen molar-refractivity contribution in [3.63, 3.8) is 0 Å². The first-order valence-electron chi connectivity index (χ1n) is 11.7. The number of aliphatic carboxylic acids is 1. The molecule has 0 saturated heterocycles. The van der Waals surface area contributed by atoms with Gasteiger partial charge in [-0.3, -0.25) is 4.79 Å². The van der Waals surface area contributed by atoms with Crippen LogP contribution >= 0.6 is 0 Å². The summed E-state index contributed by atoms with van der Waals surface area (Å²) < 4.78 is 0. The lowest BCUT2D eigenvalue weighted by Crippen LogP contribution is -2.54. The van der Waals surface area contributed by atoms with Crippen LogP contribution in [-0.2, 0) is 9.59 Å². The number of hydrogen-bond donors (Lipinski definition) is 2. The largest absolute Gasteiger partial charge is 0.478 e. The van der Waals surface area contributed by atoms with Gasteiger partial charge in [0.2, 0.25) is 5.91 Å². The molecule has 0 aliphatic heterocycles. The van der Waals surface area contributed by atoms with E-state index in [4.69, 9.17) is 0 Å². The van der Waals surface area contributed by atoms with E-state index in [1.165, 1.54) is 19.3 Å². The molecule has 4 aliphatic carbocycles. The summed E-state index contributed by atoms with van der Waals surface area (Å²) in [7, 11) is 0. The maximum absolute atomic E-state index is 13.1. The van der Waals surface area contributed by atoms with Crippen LogP contribution in [0.5, 0.6) is 0 Å². The molecular weight excluding hydrogens is 362 g/mol. The summed E-state index contributed by atoms with van der Waals surface area (Å²) in [5, 5.41) is 12.7. The topological polar surface area (TPSA) is 66.4 Å². The van der Waals surface area contributed by atoms with Crippen LogP contribution in [0.2, 0.25) is 0 Å². The minimum absolute atomic E-state index is 0.121. The number of carbonyl (C=O) groups is 2. The Labute approximate surface area is 175 Å². The van der Waals surface area contributed by atoms with Gasteiger partial charge in [0, 0.05) is 17.0 Å². The standard InChI is InChI=1S/C25H39NO3/c1-23(2,3)26-21(27)20-9-8-18-17-7-6-16-14-15(22(28)29)10-12-24(16,4)19(17)11-13-25(18,20)5/h10,16-20H,6-9,11-14H2,1-5H3,(H,26,27)(H,28,29)/t16?,17-,18-,19+,20?,24-,25-/m0/s1. The molecule has 4 nitrogen and oxygen atoms in total. The maximum Gasteiger partial charge on any atom is 0.331 e. The maximum atomic E-state index is 13.1. The monoisotopic (exact) mass is 401 g/mol. The molecule has 3 saturated carbocycles. The average molecular weight is 402 g/mol. The third-order valence-electron chi connectivity index (χ3n) is 9.41. The Bertz CT molecular complexity index is 735. The summed E-state index contributed by atoms with van der Waals surface area (Å²) in [5.74, 6) is 2.19. The van der Waals surface area contributed by atoms with Gasteiger partial charge in [0.05, 0.1) is 0 Å². The molecule has 3 fully saturated rings. The third-order valence-corrected chi connectivity index (χ3v) is 9.41. The minimum atomic E-state index is -0.728. The van der Waals surface area contributed by atoms with Gasteiger partial charge in [-0.2, -0.15) is 0 Å². The SMILES string of the molecule is CC(C)(C)NC(=O)C1CC[C@H]2[C@@H]3CCC4CC(C(=O)O)=CC[C@]4(C)[C@@H]3CC[C@]12C. The van der Waals surface area contributed by atoms with E-state index in [1.54, 1.807) is 0 Å². The number of hydrogen-bond acceptors (Lipinski definition) is 2. The summed E-state index contributed by atoms with van der Waals surface area (Å²) in [6, 6.07) is 0. The minimum Gasteiger partial charge on any atom is -0.478 e. The van der Waals surface area contributed by atoms with E-state index in [2.05, 4.69) is 39.9 Å². The Morgan fingerprint density at radius 1 is 1.03 bits per heavy atom. The predicted octanol–water partition coefficient (Wildman–Crippen LogP) is 5.18. The van der Waals surface area contributed by atoms with Gasteiger partial charge >= 0.3 is 5.97 Å². The number of carboxylic acids is 1. The van der Waals surface area contributed by atoms with Crippen molar-refractivity contribution in [3.05, 3.63) is 11.6 Å². The van der Waals surface area contributed by atoms with Crippen LogP contribution in [0.1, 0.15) is 86.0 Å². The Morgan fingerprint density at radius 3 is 2.38 bits per heavy atom. The zero-order valence-corrected chi connectivity index (χ0v) is 18.9. The molecular formula is C25H39NO3. The Morgan fingerprint density at radius 2 is 1.72 bits per heavy atom. The normalized spacial score (nSPS) is 44.2. The van der Waals surface area contributed by atoms with Crippen molar-refractivity contribution in [3.8, 4) is 0 Å². The number of carbonyl (C=O) groups excluding carboxylic acids is 1. The highest BCUT2D eigenvalue weighted by molar-refractivity contribution is 5.86. The lowest BCUT2D eigenvalue weighted by atomic mass is 9.45. The van der Waals surface area contributed by atoms with E-state index in [9.17, 15) is 14.7 Å². The molecule has 4 heteroatoms. The molecule has 0 spiro atoms. The van der Waals surface area contributed by atoms with Crippen molar-refractivity contribution >= 4 is 11.9 Å². The molecule has 2 unspecified atom stereocenters. The molecule has 0 radical (unpaired) electrons. The molecule has 0 aromatic heterocycles. The Balaban J connectivity index is 1.56. The number of nitrogens with one attached hydrogen (secondary N) is 1. The number of allylic oxidation sites excluding steroid dienone is 1. The molecule has 7 atom stereocenters. The Hall–Kier alpha value is -1.32. The molecule has 162 valence electrons. The predicted molar refractivity (Wildman–Crippen MR) is 114 cm³/mol. The summed E-state index contributed by atoms with van der Waals surface area (Å²) in [6.45, 7) is 11.0. The average Bonchev–Trinajstić information content (AvgIpc) is 2.96. The van der Waals surface area contributed by atoms with Crippen molar-refractivity contribution in [1.82, 2.24) is 5.32 Å². The van der Waals surface area contributed by atoms with Gasteiger partial charge in [-0.05, 0) is 107 Å². The van der Waals surface area contributed by atoms with Crippen LogP contribution in [0.4, 0.5) is 0 Å². The molecule has 0 aromatic carbocycles. The quantitative estimate of drug-likeness (QED) is 0.670. The second kappa shape index (κ2) is 6.85. The fraction of sp³-hybridized carbons (Fsp3) is 0.840. The number of carboxylic acid groups (broad SMARTS) is 1. The van der Waals surface area contributed by atoms with Gasteiger partial charge in [0.1, 0.15) is 0 Å². The summed E-state index contributed by atoms with van der Waals surface area (Å²) in [6.07, 6.45) is 10.6. The van der Waals surface area contributed by atoms with Crippen LogP contribution in [0, 0.1) is 40.4 Å². The lowest BCUT2D eigenvalue weighted by Gasteiger charge is -2.60. The molecule has 0 bridgehead atoms. The van der Waals surface area contributed by atoms with E-state index in [-0.39, 0.29) is 28.2 Å². The highest BCUT2D eigenvalue weighted by Crippen LogP contribution is 2.67. The summed E-state index contributed by atoms with van der Waals surface area (Å²) >= 11 is 0. The molecule has 0 heterocycles. The smallest absolute Gasteiger partial charge is 0.331 e. The highest BCUT2D eigenvalue weighted by Gasteiger charge is 2.61. The van der Waals surface area contributed by atoms with Gasteiger partial charge in [-0.25, -0.2) is 4.79 Å². The van der Waals surface area contributed by atoms with Gasteiger partial charge in [0.15, 0.2) is 0 Å². The lowest BCUT2D eigenvalue weighted by molar-refractivity contribution is -0.137. The van der Waals surface area contributed by atoms with Crippen molar-refractivity contribution in [2.24, 2.45) is 40.4 Å². The second-order valence-corrected chi connectivity index (χ2v) is 12.0. The highest BCUT2D eigenvalue weighted by atomic mass is 16.4. The molecule has 2 N–H and O–H groups in total. The molecule has 4 rings (SSSR count). The third kappa shape index (κ3) is 3.35. The molecule has 1 amide bonds. The second-order valence-electron chi connectivity index (χ2n) is 12.0. The van der Waals surface area contributed by atoms with Gasteiger partial charge in [-0.1, -0.05) is 19.9 Å². The zero-order valence-electron chi connectivity index (χ0n) is 18.9. The van der Waals surface area contributed by atoms with Crippen LogP contribution in [-0.4, -0.2) is 22.5 Å². The number of fused-ring (bicyclic) bond motifs is 5. The van der Waals surface area contributed by atoms with Crippen LogP contribution in [0.15, 0.2) is 11.6 Å². The van der Waals surface area contributed by atoms with Gasteiger partial charge in [-0.15, -0.1) is 0 Å². The van der Waals surface area contributed by atoms with Crippen LogP contribution in [0.3, 0.4) is 0 Å². The van der Waals surface area contributed by atoms with Crippen molar-refractivity contribution in [1.29, 1.82) is 0 Å². The fourth-order valence-electron chi connectivity index (χ4n) is 7.94. The number of amides is 1.